The van der Waals surface area contributed by atoms with E-state index in [4.69, 9.17) is 14.2 Å². The lowest BCUT2D eigenvalue weighted by Crippen LogP contribution is -2.06. The van der Waals surface area contributed by atoms with Crippen LogP contribution in [0.1, 0.15) is 15.9 Å². The van der Waals surface area contributed by atoms with Crippen LogP contribution >= 0.6 is 0 Å². The number of aromatic nitrogens is 2. The zero-order valence-electron chi connectivity index (χ0n) is 16.8. The van der Waals surface area contributed by atoms with Gasteiger partial charge in [0, 0.05) is 36.1 Å². The highest BCUT2D eigenvalue weighted by atomic mass is 16.5. The van der Waals surface area contributed by atoms with Gasteiger partial charge in [-0.25, -0.2) is 9.78 Å². The molecule has 0 aliphatic carbocycles. The molecular formula is C22H19N3O6. The molecule has 3 rings (SSSR count). The Morgan fingerprint density at radius 1 is 1.10 bits per heavy atom. The first-order valence-electron chi connectivity index (χ1n) is 9.11. The number of nitriles is 1. The standard InChI is InChI=1S/C22H19N3O6/c1-29-5-6-31-19-8-14(17-9-16(22(27)28)18(26)12-24-17)7-15(10-23)21(19)13-3-4-20(30-2)25-11-13/h3-4,7-9,11-12,26H,5-6H2,1-2H3,(H,27,28). The van der Waals surface area contributed by atoms with Crippen molar-refractivity contribution in [3.8, 4) is 45.8 Å². The van der Waals surface area contributed by atoms with Gasteiger partial charge in [-0.15, -0.1) is 0 Å². The van der Waals surface area contributed by atoms with Gasteiger partial charge in [-0.05, 0) is 24.3 Å². The van der Waals surface area contributed by atoms with Gasteiger partial charge in [0.2, 0.25) is 5.88 Å². The number of pyridine rings is 2. The first kappa shape index (κ1) is 21.5. The fraction of sp³-hybridized carbons (Fsp3) is 0.182. The molecule has 0 atom stereocenters. The Morgan fingerprint density at radius 2 is 1.90 bits per heavy atom. The van der Waals surface area contributed by atoms with Crippen LogP contribution in [-0.4, -0.2) is 53.6 Å². The molecule has 0 unspecified atom stereocenters. The number of hydrogen-bond donors (Lipinski definition) is 2. The van der Waals surface area contributed by atoms with E-state index >= 15 is 0 Å². The summed E-state index contributed by atoms with van der Waals surface area (Å²) in [6.45, 7) is 0.553. The number of hydrogen-bond acceptors (Lipinski definition) is 8. The quantitative estimate of drug-likeness (QED) is 0.526. The van der Waals surface area contributed by atoms with E-state index in [9.17, 15) is 20.3 Å². The van der Waals surface area contributed by atoms with Crippen LogP contribution in [0, 0.1) is 11.3 Å². The number of aromatic carboxylic acids is 1. The normalized spacial score (nSPS) is 10.4. The van der Waals surface area contributed by atoms with Crippen molar-refractivity contribution in [2.75, 3.05) is 27.4 Å². The minimum Gasteiger partial charge on any atom is -0.505 e. The van der Waals surface area contributed by atoms with Crippen LogP contribution in [0.2, 0.25) is 0 Å². The van der Waals surface area contributed by atoms with Crippen molar-refractivity contribution < 1.29 is 29.2 Å². The minimum atomic E-state index is -1.29. The second-order valence-electron chi connectivity index (χ2n) is 6.33. The van der Waals surface area contributed by atoms with Gasteiger partial charge in [-0.3, -0.25) is 4.98 Å². The number of rotatable bonds is 8. The van der Waals surface area contributed by atoms with Crippen molar-refractivity contribution in [2.24, 2.45) is 0 Å². The molecule has 9 nitrogen and oxygen atoms in total. The average molecular weight is 421 g/mol. The highest BCUT2D eigenvalue weighted by molar-refractivity contribution is 5.92. The van der Waals surface area contributed by atoms with Crippen molar-refractivity contribution in [1.82, 2.24) is 9.97 Å². The van der Waals surface area contributed by atoms with Gasteiger partial charge in [-0.1, -0.05) is 0 Å². The number of ether oxygens (including phenoxy) is 3. The van der Waals surface area contributed by atoms with Crippen LogP contribution in [0.3, 0.4) is 0 Å². The molecule has 2 N–H and O–H groups in total. The van der Waals surface area contributed by atoms with E-state index < -0.39 is 11.7 Å². The second-order valence-corrected chi connectivity index (χ2v) is 6.33. The van der Waals surface area contributed by atoms with Crippen LogP contribution in [0.4, 0.5) is 0 Å². The SMILES string of the molecule is COCCOc1cc(-c2cc(C(=O)O)c(O)cn2)cc(C#N)c1-c1ccc(OC)nc1. The second kappa shape index (κ2) is 9.56. The van der Waals surface area contributed by atoms with E-state index in [2.05, 4.69) is 16.0 Å². The lowest BCUT2D eigenvalue weighted by Gasteiger charge is -2.15. The highest BCUT2D eigenvalue weighted by Gasteiger charge is 2.18. The highest BCUT2D eigenvalue weighted by Crippen LogP contribution is 2.38. The Morgan fingerprint density at radius 3 is 2.52 bits per heavy atom. The van der Waals surface area contributed by atoms with Crippen LogP contribution in [0.15, 0.2) is 42.7 Å². The van der Waals surface area contributed by atoms with Crippen LogP contribution < -0.4 is 9.47 Å². The number of carboxylic acid groups (broad SMARTS) is 1. The van der Waals surface area contributed by atoms with E-state index in [0.717, 1.165) is 6.20 Å². The summed E-state index contributed by atoms with van der Waals surface area (Å²) >= 11 is 0. The van der Waals surface area contributed by atoms with E-state index in [1.54, 1.807) is 37.6 Å². The lowest BCUT2D eigenvalue weighted by molar-refractivity contribution is 0.0693. The predicted molar refractivity (Wildman–Crippen MR) is 110 cm³/mol. The molecule has 0 spiro atoms. The molecule has 3 aromatic rings. The summed E-state index contributed by atoms with van der Waals surface area (Å²) in [5.41, 5.74) is 1.87. The largest absolute Gasteiger partial charge is 0.505 e. The molecule has 2 aromatic heterocycles. The molecule has 0 aliphatic heterocycles. The van der Waals surface area contributed by atoms with Crippen molar-refractivity contribution >= 4 is 5.97 Å². The Hall–Kier alpha value is -4.16. The first-order valence-corrected chi connectivity index (χ1v) is 9.11. The van der Waals surface area contributed by atoms with Crippen LogP contribution in [-0.2, 0) is 4.74 Å². The zero-order valence-corrected chi connectivity index (χ0v) is 16.8. The van der Waals surface area contributed by atoms with Crippen molar-refractivity contribution in [2.45, 2.75) is 0 Å². The van der Waals surface area contributed by atoms with Crippen LogP contribution in [0.25, 0.3) is 22.4 Å². The van der Waals surface area contributed by atoms with Crippen LogP contribution in [0.5, 0.6) is 17.4 Å². The molecule has 158 valence electrons. The summed E-state index contributed by atoms with van der Waals surface area (Å²) in [4.78, 5) is 19.7. The molecule has 0 radical (unpaired) electrons. The number of methoxy groups -OCH3 is 2. The molecule has 1 aromatic carbocycles. The monoisotopic (exact) mass is 421 g/mol. The summed E-state index contributed by atoms with van der Waals surface area (Å²) in [6, 6.07) is 10.0. The Kier molecular flexibility index (Phi) is 6.64. The molecule has 31 heavy (non-hydrogen) atoms. The van der Waals surface area contributed by atoms with Gasteiger partial charge in [-0.2, -0.15) is 5.26 Å². The number of benzene rings is 1. The first-order chi connectivity index (χ1) is 15.0. The van der Waals surface area contributed by atoms with Gasteiger partial charge in [0.25, 0.3) is 0 Å². The zero-order chi connectivity index (χ0) is 22.4. The Bertz CT molecular complexity index is 1140. The molecular weight excluding hydrogens is 402 g/mol. The number of carboxylic acids is 1. The smallest absolute Gasteiger partial charge is 0.339 e. The molecule has 0 aliphatic rings. The molecule has 0 amide bonds. The summed E-state index contributed by atoms with van der Waals surface area (Å²) in [7, 11) is 3.05. The number of carbonyl (C=O) groups is 1. The van der Waals surface area contributed by atoms with E-state index in [-0.39, 0.29) is 23.4 Å². The molecule has 9 heteroatoms. The molecule has 0 bridgehead atoms. The Labute approximate surface area is 178 Å². The number of nitrogens with zero attached hydrogens (tertiary/aromatic N) is 3. The summed E-state index contributed by atoms with van der Waals surface area (Å²) in [6.07, 6.45) is 2.62. The average Bonchev–Trinajstić information content (AvgIpc) is 2.79. The minimum absolute atomic E-state index is 0.227. The molecule has 0 fully saturated rings. The maximum absolute atomic E-state index is 11.4. The fourth-order valence-corrected chi connectivity index (χ4v) is 2.92. The molecule has 0 saturated carbocycles. The van der Waals surface area contributed by atoms with E-state index in [1.165, 1.54) is 13.2 Å². The lowest BCUT2D eigenvalue weighted by atomic mass is 9.96. The molecule has 0 saturated heterocycles. The van der Waals surface area contributed by atoms with Gasteiger partial charge >= 0.3 is 5.97 Å². The third kappa shape index (κ3) is 4.71. The third-order valence-electron chi connectivity index (χ3n) is 4.41. The summed E-state index contributed by atoms with van der Waals surface area (Å²) < 4.78 is 16.0. The summed E-state index contributed by atoms with van der Waals surface area (Å²) in [5.74, 6) is -0.937. The van der Waals surface area contributed by atoms with Gasteiger partial charge < -0.3 is 24.4 Å². The van der Waals surface area contributed by atoms with Crippen molar-refractivity contribution in [3.05, 3.63) is 53.9 Å². The maximum Gasteiger partial charge on any atom is 0.339 e. The third-order valence-corrected chi connectivity index (χ3v) is 4.41. The van der Waals surface area contributed by atoms with Crippen molar-refractivity contribution in [1.29, 1.82) is 5.26 Å². The molecule has 2 heterocycles. The Balaban J connectivity index is 2.17. The van der Waals surface area contributed by atoms with Crippen molar-refractivity contribution in [3.63, 3.8) is 0 Å². The predicted octanol–water partition coefficient (Wildman–Crippen LogP) is 3.12. The van der Waals surface area contributed by atoms with Gasteiger partial charge in [0.05, 0.1) is 37.2 Å². The fourth-order valence-electron chi connectivity index (χ4n) is 2.92. The summed E-state index contributed by atoms with van der Waals surface area (Å²) in [5, 5.41) is 28.8. The van der Waals surface area contributed by atoms with E-state index in [0.29, 0.717) is 34.9 Å². The van der Waals surface area contributed by atoms with E-state index in [1.807, 2.05) is 0 Å². The van der Waals surface area contributed by atoms with Gasteiger partial charge in [0.1, 0.15) is 23.7 Å². The maximum atomic E-state index is 11.4. The number of aromatic hydroxyl groups is 1. The van der Waals surface area contributed by atoms with Gasteiger partial charge in [0.15, 0.2) is 0 Å². The topological polar surface area (TPSA) is 135 Å².